The van der Waals surface area contributed by atoms with E-state index < -0.39 is 11.2 Å². The van der Waals surface area contributed by atoms with Crippen molar-refractivity contribution in [1.82, 2.24) is 24.0 Å². The lowest BCUT2D eigenvalue weighted by Gasteiger charge is -2.31. The number of hydrogen-bond acceptors (Lipinski definition) is 7. The number of piperidine rings is 1. The maximum Gasteiger partial charge on any atom is 0.332 e. The summed E-state index contributed by atoms with van der Waals surface area (Å²) in [6, 6.07) is 6.99. The van der Waals surface area contributed by atoms with Gasteiger partial charge in [-0.3, -0.25) is 28.3 Å². The first-order chi connectivity index (χ1) is 17.4. The van der Waals surface area contributed by atoms with Gasteiger partial charge in [0.1, 0.15) is 0 Å². The molecule has 1 aromatic carbocycles. The van der Waals surface area contributed by atoms with Gasteiger partial charge >= 0.3 is 5.69 Å². The Labute approximate surface area is 207 Å². The molecule has 5 rings (SSSR count). The Balaban J connectivity index is 1.65. The Bertz CT molecular complexity index is 1570. The zero-order valence-corrected chi connectivity index (χ0v) is 20.3. The molecule has 3 N–H and O–H groups in total. The van der Waals surface area contributed by atoms with Crippen LogP contribution in [0.4, 0.5) is 11.6 Å². The van der Waals surface area contributed by atoms with Crippen LogP contribution in [-0.2, 0) is 20.1 Å². The van der Waals surface area contributed by atoms with Crippen LogP contribution in [0.3, 0.4) is 0 Å². The molecule has 186 valence electrons. The maximum absolute atomic E-state index is 13.8. The van der Waals surface area contributed by atoms with Crippen LogP contribution < -0.4 is 27.2 Å². The first-order valence-electron chi connectivity index (χ1n) is 11.9. The number of amides is 1. The van der Waals surface area contributed by atoms with Crippen molar-refractivity contribution in [1.29, 1.82) is 0 Å². The van der Waals surface area contributed by atoms with E-state index in [0.717, 1.165) is 24.0 Å². The molecule has 1 amide bonds. The van der Waals surface area contributed by atoms with Gasteiger partial charge in [-0.05, 0) is 31.9 Å². The predicted octanol–water partition coefficient (Wildman–Crippen LogP) is 0.364. The number of nitrogens with one attached hydrogen (secondary N) is 1. The molecule has 0 bridgehead atoms. The number of hydrogen-bond donors (Lipinski definition) is 2. The van der Waals surface area contributed by atoms with Crippen LogP contribution in [0.25, 0.3) is 11.2 Å². The van der Waals surface area contributed by atoms with E-state index in [0.29, 0.717) is 40.6 Å². The van der Waals surface area contributed by atoms with E-state index in [1.165, 1.54) is 4.57 Å². The summed E-state index contributed by atoms with van der Waals surface area (Å²) in [5.41, 5.74) is 7.26. The van der Waals surface area contributed by atoms with E-state index in [1.807, 2.05) is 0 Å². The van der Waals surface area contributed by atoms with Gasteiger partial charge < -0.3 is 16.0 Å². The monoisotopic (exact) mass is 488 g/mol. The first kappa shape index (κ1) is 23.6. The molecule has 1 saturated heterocycles. The Morgan fingerprint density at radius 2 is 2.00 bits per heavy atom. The number of anilines is 1. The number of benzene rings is 1. The van der Waals surface area contributed by atoms with Crippen molar-refractivity contribution in [3.63, 3.8) is 0 Å². The molecule has 0 spiro atoms. The molecule has 2 aromatic heterocycles. The molecule has 1 unspecified atom stereocenters. The Morgan fingerprint density at radius 3 is 2.78 bits per heavy atom. The number of imidazole rings is 1. The normalized spacial score (nSPS) is 17.6. The van der Waals surface area contributed by atoms with E-state index in [4.69, 9.17) is 10.7 Å². The predicted molar refractivity (Wildman–Crippen MR) is 138 cm³/mol. The second kappa shape index (κ2) is 9.47. The van der Waals surface area contributed by atoms with Gasteiger partial charge in [-0.1, -0.05) is 18.1 Å². The summed E-state index contributed by atoms with van der Waals surface area (Å²) in [4.78, 5) is 50.9. The van der Waals surface area contributed by atoms with Gasteiger partial charge in [-0.2, -0.15) is 4.98 Å². The number of fused-ring (bicyclic) bond motifs is 2. The van der Waals surface area contributed by atoms with Gasteiger partial charge in [0.25, 0.3) is 11.5 Å². The molecule has 4 heterocycles. The van der Waals surface area contributed by atoms with E-state index in [-0.39, 0.29) is 31.6 Å². The molecular formula is C25H28N8O3. The number of rotatable bonds is 4. The summed E-state index contributed by atoms with van der Waals surface area (Å²) in [7, 11) is 1.60. The number of aromatic nitrogens is 4. The van der Waals surface area contributed by atoms with Crippen molar-refractivity contribution in [2.75, 3.05) is 24.5 Å². The van der Waals surface area contributed by atoms with Crippen molar-refractivity contribution in [3.05, 3.63) is 50.7 Å². The molecule has 2 aliphatic rings. The van der Waals surface area contributed by atoms with Crippen molar-refractivity contribution in [2.24, 2.45) is 17.8 Å². The van der Waals surface area contributed by atoms with Gasteiger partial charge in [0.05, 0.1) is 36.6 Å². The summed E-state index contributed by atoms with van der Waals surface area (Å²) in [5, 5.41) is 2.80. The van der Waals surface area contributed by atoms with E-state index >= 15 is 0 Å². The van der Waals surface area contributed by atoms with Crippen molar-refractivity contribution >= 4 is 34.4 Å². The van der Waals surface area contributed by atoms with Crippen LogP contribution in [0.2, 0.25) is 0 Å². The highest BCUT2D eigenvalue weighted by molar-refractivity contribution is 6.05. The number of carbonyl (C=O) groups excluding carboxylic acids is 1. The van der Waals surface area contributed by atoms with Crippen LogP contribution in [0, 0.1) is 11.8 Å². The summed E-state index contributed by atoms with van der Waals surface area (Å²) >= 11 is 0. The highest BCUT2D eigenvalue weighted by Crippen LogP contribution is 2.23. The Kier molecular flexibility index (Phi) is 6.20. The largest absolute Gasteiger partial charge is 0.347 e. The third kappa shape index (κ3) is 4.09. The summed E-state index contributed by atoms with van der Waals surface area (Å²) < 4.78 is 4.29. The molecule has 0 saturated carbocycles. The van der Waals surface area contributed by atoms with Crippen LogP contribution in [0.1, 0.15) is 30.1 Å². The summed E-state index contributed by atoms with van der Waals surface area (Å²) in [6.45, 7) is 3.42. The third-order valence-corrected chi connectivity index (χ3v) is 6.59. The average molecular weight is 489 g/mol. The highest BCUT2D eigenvalue weighted by atomic mass is 16.2. The lowest BCUT2D eigenvalue weighted by Crippen LogP contribution is -2.44. The minimum absolute atomic E-state index is 0.0103. The number of carbonyl (C=O) groups is 1. The number of para-hydroxylation sites is 1. The first-order valence-corrected chi connectivity index (χ1v) is 11.9. The quantitative estimate of drug-likeness (QED) is 0.510. The van der Waals surface area contributed by atoms with Gasteiger partial charge in [0.2, 0.25) is 5.95 Å². The van der Waals surface area contributed by atoms with Gasteiger partial charge in [-0.25, -0.2) is 4.79 Å². The molecule has 0 radical (unpaired) electrons. The fourth-order valence-corrected chi connectivity index (χ4v) is 4.76. The molecule has 11 heteroatoms. The van der Waals surface area contributed by atoms with Crippen molar-refractivity contribution in [3.8, 4) is 11.8 Å². The molecular weight excluding hydrogens is 460 g/mol. The number of nitrogens with two attached hydrogens (primary N) is 1. The SMILES string of the molecule is CC#CCn1c(N2CCCC(N)C2)nc2c1c(=O)n(CC1=Nc3ccccc3C(=O)NC1)c(=O)n2C. The van der Waals surface area contributed by atoms with Crippen LogP contribution >= 0.6 is 0 Å². The third-order valence-electron chi connectivity index (χ3n) is 6.59. The Hall–Kier alpha value is -4.17. The fraction of sp³-hybridized carbons (Fsp3) is 0.400. The van der Waals surface area contributed by atoms with E-state index in [2.05, 4.69) is 27.0 Å². The molecule has 2 aliphatic heterocycles. The molecule has 11 nitrogen and oxygen atoms in total. The summed E-state index contributed by atoms with van der Waals surface area (Å²) in [6.07, 6.45) is 1.85. The van der Waals surface area contributed by atoms with Crippen LogP contribution in [0.15, 0.2) is 38.8 Å². The second-order valence-corrected chi connectivity index (χ2v) is 9.06. The number of aliphatic imine (C=N–C) groups is 1. The fourth-order valence-electron chi connectivity index (χ4n) is 4.76. The summed E-state index contributed by atoms with van der Waals surface area (Å²) in [5.74, 6) is 6.24. The van der Waals surface area contributed by atoms with Gasteiger partial charge in [0.15, 0.2) is 11.2 Å². The average Bonchev–Trinajstić information content (AvgIpc) is 3.18. The van der Waals surface area contributed by atoms with Crippen molar-refractivity contribution < 1.29 is 4.79 Å². The Morgan fingerprint density at radius 1 is 1.19 bits per heavy atom. The lowest BCUT2D eigenvalue weighted by atomic mass is 10.1. The minimum Gasteiger partial charge on any atom is -0.347 e. The minimum atomic E-state index is -0.507. The standard InChI is InChI=1S/C25H28N8O3/c1-3-4-12-32-20-21(29-24(32)31-11-7-8-16(26)14-31)30(2)25(36)33(23(20)35)15-17-13-27-22(34)18-9-5-6-10-19(18)28-17/h5-6,9-10,16H,7-8,11-15,26H2,1-2H3,(H,27,34). The van der Waals surface area contributed by atoms with Crippen LogP contribution in [-0.4, -0.2) is 56.0 Å². The smallest absolute Gasteiger partial charge is 0.332 e. The topological polar surface area (TPSA) is 133 Å². The maximum atomic E-state index is 13.8. The van der Waals surface area contributed by atoms with E-state index in [1.54, 1.807) is 42.8 Å². The zero-order chi connectivity index (χ0) is 25.4. The molecule has 1 fully saturated rings. The van der Waals surface area contributed by atoms with Crippen LogP contribution in [0.5, 0.6) is 0 Å². The number of nitrogens with zero attached hydrogens (tertiary/aromatic N) is 6. The van der Waals surface area contributed by atoms with Gasteiger partial charge in [0, 0.05) is 26.2 Å². The van der Waals surface area contributed by atoms with E-state index in [9.17, 15) is 14.4 Å². The number of aryl methyl sites for hydroxylation is 1. The molecule has 3 aromatic rings. The van der Waals surface area contributed by atoms with Gasteiger partial charge in [-0.15, -0.1) is 5.92 Å². The molecule has 1 atom stereocenters. The highest BCUT2D eigenvalue weighted by Gasteiger charge is 2.26. The lowest BCUT2D eigenvalue weighted by molar-refractivity contribution is 0.0960. The zero-order valence-electron chi connectivity index (χ0n) is 20.3. The molecule has 0 aliphatic carbocycles. The molecule has 36 heavy (non-hydrogen) atoms. The van der Waals surface area contributed by atoms with Crippen molar-refractivity contribution in [2.45, 2.75) is 38.9 Å². The second-order valence-electron chi connectivity index (χ2n) is 9.06.